The van der Waals surface area contributed by atoms with E-state index in [9.17, 15) is 18.0 Å². The molecule has 0 N–H and O–H groups in total. The standard InChI is InChI=1S/C9H7F3N2O2/c1-4-7-5(9(10,11)12)3-6(15)16-8(7)14(2)13-4/h3H,1-2H3. The molecule has 0 aromatic carbocycles. The topological polar surface area (TPSA) is 48.0 Å². The minimum Gasteiger partial charge on any atom is -0.404 e. The molecule has 0 aliphatic carbocycles. The molecule has 0 amide bonds. The molecule has 0 atom stereocenters. The van der Waals surface area contributed by atoms with Crippen molar-refractivity contribution < 1.29 is 17.6 Å². The maximum atomic E-state index is 12.7. The molecule has 0 radical (unpaired) electrons. The minimum atomic E-state index is -4.60. The normalized spacial score (nSPS) is 12.3. The summed E-state index contributed by atoms with van der Waals surface area (Å²) in [6, 6.07) is 0.441. The fourth-order valence-corrected chi connectivity index (χ4v) is 1.60. The molecule has 2 rings (SSSR count). The van der Waals surface area contributed by atoms with Crippen LogP contribution >= 0.6 is 0 Å². The first-order valence-corrected chi connectivity index (χ1v) is 4.35. The van der Waals surface area contributed by atoms with Crippen molar-refractivity contribution in [1.29, 1.82) is 0 Å². The summed E-state index contributed by atoms with van der Waals surface area (Å²) in [5, 5.41) is 3.62. The van der Waals surface area contributed by atoms with Crippen molar-refractivity contribution in [3.63, 3.8) is 0 Å². The fraction of sp³-hybridized carbons (Fsp3) is 0.333. The van der Waals surface area contributed by atoms with Crippen LogP contribution in [0.2, 0.25) is 0 Å². The van der Waals surface area contributed by atoms with Crippen molar-refractivity contribution in [1.82, 2.24) is 9.78 Å². The fourth-order valence-electron chi connectivity index (χ4n) is 1.60. The number of fused-ring (bicyclic) bond motifs is 1. The molecular formula is C9H7F3N2O2. The quantitative estimate of drug-likeness (QED) is 0.696. The van der Waals surface area contributed by atoms with Gasteiger partial charge in [-0.2, -0.15) is 18.3 Å². The van der Waals surface area contributed by atoms with Crippen LogP contribution in [0.3, 0.4) is 0 Å². The van der Waals surface area contributed by atoms with E-state index < -0.39 is 17.4 Å². The lowest BCUT2D eigenvalue weighted by atomic mass is 10.1. The van der Waals surface area contributed by atoms with Gasteiger partial charge in [-0.25, -0.2) is 9.48 Å². The van der Waals surface area contributed by atoms with Crippen molar-refractivity contribution in [2.75, 3.05) is 0 Å². The molecule has 0 bridgehead atoms. The largest absolute Gasteiger partial charge is 0.417 e. The smallest absolute Gasteiger partial charge is 0.404 e. The predicted octanol–water partition coefficient (Wildman–Crippen LogP) is 1.85. The van der Waals surface area contributed by atoms with E-state index in [0.29, 0.717) is 6.07 Å². The number of aryl methyl sites for hydroxylation is 2. The number of halogens is 3. The second-order valence-corrected chi connectivity index (χ2v) is 3.37. The van der Waals surface area contributed by atoms with Gasteiger partial charge in [-0.15, -0.1) is 0 Å². The zero-order valence-electron chi connectivity index (χ0n) is 8.42. The third-order valence-electron chi connectivity index (χ3n) is 2.20. The van der Waals surface area contributed by atoms with Crippen LogP contribution < -0.4 is 5.63 Å². The maximum Gasteiger partial charge on any atom is 0.417 e. The van der Waals surface area contributed by atoms with Crippen LogP contribution in [0.5, 0.6) is 0 Å². The number of hydrogen-bond acceptors (Lipinski definition) is 3. The second-order valence-electron chi connectivity index (χ2n) is 3.37. The van der Waals surface area contributed by atoms with E-state index in [2.05, 4.69) is 5.10 Å². The lowest BCUT2D eigenvalue weighted by Gasteiger charge is -2.06. The lowest BCUT2D eigenvalue weighted by Crippen LogP contribution is -2.11. The van der Waals surface area contributed by atoms with Crippen LogP contribution in [0, 0.1) is 6.92 Å². The Morgan fingerprint density at radius 1 is 1.44 bits per heavy atom. The van der Waals surface area contributed by atoms with E-state index in [-0.39, 0.29) is 16.8 Å². The van der Waals surface area contributed by atoms with E-state index in [1.807, 2.05) is 0 Å². The van der Waals surface area contributed by atoms with E-state index in [1.54, 1.807) is 0 Å². The van der Waals surface area contributed by atoms with Crippen molar-refractivity contribution in [2.24, 2.45) is 7.05 Å². The van der Waals surface area contributed by atoms with Gasteiger partial charge in [0.25, 0.3) is 0 Å². The Kier molecular flexibility index (Phi) is 2.08. The van der Waals surface area contributed by atoms with Gasteiger partial charge < -0.3 is 4.42 Å². The Hall–Kier alpha value is -1.79. The Morgan fingerprint density at radius 3 is 2.62 bits per heavy atom. The molecule has 0 fully saturated rings. The van der Waals surface area contributed by atoms with E-state index in [4.69, 9.17) is 4.42 Å². The van der Waals surface area contributed by atoms with E-state index in [0.717, 1.165) is 4.68 Å². The van der Waals surface area contributed by atoms with Crippen molar-refractivity contribution in [2.45, 2.75) is 13.1 Å². The van der Waals surface area contributed by atoms with Gasteiger partial charge in [-0.1, -0.05) is 0 Å². The molecule has 2 aromatic rings. The Morgan fingerprint density at radius 2 is 2.06 bits per heavy atom. The first-order chi connectivity index (χ1) is 7.30. The summed E-state index contributed by atoms with van der Waals surface area (Å²) in [7, 11) is 1.42. The van der Waals surface area contributed by atoms with E-state index in [1.165, 1.54) is 14.0 Å². The van der Waals surface area contributed by atoms with Crippen molar-refractivity contribution >= 4 is 11.1 Å². The highest BCUT2D eigenvalue weighted by Gasteiger charge is 2.35. The van der Waals surface area contributed by atoms with Crippen molar-refractivity contribution in [3.05, 3.63) is 27.7 Å². The number of hydrogen-bond donors (Lipinski definition) is 0. The van der Waals surface area contributed by atoms with Gasteiger partial charge in [0.1, 0.15) is 0 Å². The van der Waals surface area contributed by atoms with Gasteiger partial charge in [-0.3, -0.25) is 0 Å². The average molecular weight is 232 g/mol. The molecule has 0 saturated carbocycles. The number of aromatic nitrogens is 2. The molecule has 0 spiro atoms. The van der Waals surface area contributed by atoms with Crippen LogP contribution in [0.15, 0.2) is 15.3 Å². The zero-order valence-corrected chi connectivity index (χ0v) is 8.42. The van der Waals surface area contributed by atoms with E-state index >= 15 is 0 Å². The summed E-state index contributed by atoms with van der Waals surface area (Å²) in [5.74, 6) is 0. The SMILES string of the molecule is Cc1nn(C)c2oc(=O)cc(C(F)(F)F)c12. The molecule has 86 valence electrons. The Balaban J connectivity index is 2.98. The van der Waals surface area contributed by atoms with Crippen LogP contribution in [0.25, 0.3) is 11.1 Å². The predicted molar refractivity (Wildman–Crippen MR) is 49.0 cm³/mol. The van der Waals surface area contributed by atoms with Gasteiger partial charge in [0.15, 0.2) is 0 Å². The zero-order chi connectivity index (χ0) is 12.1. The number of nitrogens with zero attached hydrogens (tertiary/aromatic N) is 2. The van der Waals surface area contributed by atoms with Gasteiger partial charge in [-0.05, 0) is 6.92 Å². The minimum absolute atomic E-state index is 0.169. The highest BCUT2D eigenvalue weighted by atomic mass is 19.4. The van der Waals surface area contributed by atoms with Crippen LogP contribution in [0.4, 0.5) is 13.2 Å². The second kappa shape index (κ2) is 3.10. The molecule has 0 aliphatic heterocycles. The number of alkyl halides is 3. The molecule has 0 saturated heterocycles. The molecule has 4 nitrogen and oxygen atoms in total. The van der Waals surface area contributed by atoms with Gasteiger partial charge >= 0.3 is 11.8 Å². The van der Waals surface area contributed by atoms with Gasteiger partial charge in [0.2, 0.25) is 5.71 Å². The summed E-state index contributed by atoms with van der Waals surface area (Å²) < 4.78 is 43.8. The first kappa shape index (κ1) is 10.7. The molecule has 0 aliphatic rings. The number of rotatable bonds is 0. The lowest BCUT2D eigenvalue weighted by molar-refractivity contribution is -0.136. The monoisotopic (exact) mass is 232 g/mol. The van der Waals surface area contributed by atoms with Crippen LogP contribution in [0.1, 0.15) is 11.3 Å². The van der Waals surface area contributed by atoms with Gasteiger partial charge in [0, 0.05) is 13.1 Å². The maximum absolute atomic E-state index is 12.7. The summed E-state index contributed by atoms with van der Waals surface area (Å²) in [5.41, 5.74) is -2.04. The Labute approximate surface area is 87.3 Å². The summed E-state index contributed by atoms with van der Waals surface area (Å²) >= 11 is 0. The van der Waals surface area contributed by atoms with Crippen LogP contribution in [-0.4, -0.2) is 9.78 Å². The molecule has 0 unspecified atom stereocenters. The first-order valence-electron chi connectivity index (χ1n) is 4.35. The van der Waals surface area contributed by atoms with Crippen molar-refractivity contribution in [3.8, 4) is 0 Å². The highest BCUT2D eigenvalue weighted by molar-refractivity contribution is 5.80. The van der Waals surface area contributed by atoms with Crippen LogP contribution in [-0.2, 0) is 13.2 Å². The highest BCUT2D eigenvalue weighted by Crippen LogP contribution is 2.34. The third-order valence-corrected chi connectivity index (χ3v) is 2.20. The third kappa shape index (κ3) is 1.48. The van der Waals surface area contributed by atoms with Gasteiger partial charge in [0.05, 0.1) is 16.6 Å². The molecule has 16 heavy (non-hydrogen) atoms. The average Bonchev–Trinajstić information content (AvgIpc) is 2.40. The summed E-state index contributed by atoms with van der Waals surface area (Å²) in [4.78, 5) is 11.0. The molecule has 2 heterocycles. The molecule has 2 aromatic heterocycles. The molecule has 7 heteroatoms. The molecular weight excluding hydrogens is 225 g/mol. The summed E-state index contributed by atoms with van der Waals surface area (Å²) in [6.07, 6.45) is -4.60. The Bertz CT molecular complexity index is 609. The summed E-state index contributed by atoms with van der Waals surface area (Å²) in [6.45, 7) is 1.43.